The summed E-state index contributed by atoms with van der Waals surface area (Å²) in [6, 6.07) is 4.29. The van der Waals surface area contributed by atoms with Crippen LogP contribution in [0.5, 0.6) is 0 Å². The maximum Gasteiger partial charge on any atom is 0.337 e. The molecule has 0 spiro atoms. The van der Waals surface area contributed by atoms with Crippen molar-refractivity contribution >= 4 is 23.4 Å². The first-order valence-corrected chi connectivity index (χ1v) is 5.74. The van der Waals surface area contributed by atoms with E-state index in [1.54, 1.807) is 0 Å². The Hall–Kier alpha value is -1.43. The zero-order valence-corrected chi connectivity index (χ0v) is 10.2. The highest BCUT2D eigenvalue weighted by Crippen LogP contribution is 2.19. The summed E-state index contributed by atoms with van der Waals surface area (Å²) in [4.78, 5) is 21.8. The van der Waals surface area contributed by atoms with Crippen molar-refractivity contribution in [2.75, 3.05) is 5.88 Å². The van der Waals surface area contributed by atoms with E-state index < -0.39 is 12.1 Å². The van der Waals surface area contributed by atoms with Crippen LogP contribution in [0.2, 0.25) is 0 Å². The lowest BCUT2D eigenvalue weighted by Gasteiger charge is -2.11. The molecule has 0 aromatic heterocycles. The molecule has 1 aromatic rings. The number of aliphatic hydroxyl groups is 2. The maximum atomic E-state index is 11.2. The Morgan fingerprint density at radius 2 is 1.94 bits per heavy atom. The number of hydrogen-bond acceptors (Lipinski definition) is 4. The Labute approximate surface area is 109 Å². The van der Waals surface area contributed by atoms with Crippen molar-refractivity contribution in [2.45, 2.75) is 19.1 Å². The molecular formula is C12H13ClO5. The van der Waals surface area contributed by atoms with E-state index in [0.29, 0.717) is 11.1 Å². The average Bonchev–Trinajstić information content (AvgIpc) is 2.37. The van der Waals surface area contributed by atoms with Crippen molar-refractivity contribution in [3.8, 4) is 0 Å². The SMILES string of the molecule is O=C(CCl)Cc1ccc(C(O)C(=O)O)cc1CO. The lowest BCUT2D eigenvalue weighted by molar-refractivity contribution is -0.147. The third-order valence-corrected chi connectivity index (χ3v) is 2.79. The molecule has 1 atom stereocenters. The van der Waals surface area contributed by atoms with Crippen LogP contribution in [0.1, 0.15) is 22.8 Å². The van der Waals surface area contributed by atoms with Crippen LogP contribution in [0.25, 0.3) is 0 Å². The summed E-state index contributed by atoms with van der Waals surface area (Å²) in [5.74, 6) is -1.69. The van der Waals surface area contributed by atoms with Gasteiger partial charge in [0.25, 0.3) is 0 Å². The molecule has 0 bridgehead atoms. The third-order valence-electron chi connectivity index (χ3n) is 2.49. The molecule has 0 amide bonds. The molecule has 98 valence electrons. The highest BCUT2D eigenvalue weighted by molar-refractivity contribution is 6.27. The smallest absolute Gasteiger partial charge is 0.337 e. The van der Waals surface area contributed by atoms with E-state index in [4.69, 9.17) is 16.7 Å². The molecule has 1 rings (SSSR count). The van der Waals surface area contributed by atoms with Gasteiger partial charge in [-0.25, -0.2) is 4.79 Å². The molecule has 1 aromatic carbocycles. The van der Waals surface area contributed by atoms with E-state index in [2.05, 4.69) is 0 Å². The number of halogens is 1. The normalized spacial score (nSPS) is 12.2. The van der Waals surface area contributed by atoms with Gasteiger partial charge in [0.15, 0.2) is 11.9 Å². The van der Waals surface area contributed by atoms with Crippen molar-refractivity contribution in [3.63, 3.8) is 0 Å². The molecule has 18 heavy (non-hydrogen) atoms. The molecule has 0 saturated carbocycles. The Balaban J connectivity index is 3.03. The number of alkyl halides is 1. The molecule has 0 aliphatic heterocycles. The Morgan fingerprint density at radius 1 is 1.28 bits per heavy atom. The van der Waals surface area contributed by atoms with Crippen LogP contribution < -0.4 is 0 Å². The van der Waals surface area contributed by atoms with Gasteiger partial charge in [0.2, 0.25) is 0 Å². The topological polar surface area (TPSA) is 94.8 Å². The Bertz CT molecular complexity index is 458. The largest absolute Gasteiger partial charge is 0.479 e. The van der Waals surface area contributed by atoms with E-state index >= 15 is 0 Å². The minimum atomic E-state index is -1.65. The standard InChI is InChI=1S/C12H13ClO5/c13-5-10(15)4-7-1-2-8(3-9(7)6-14)11(16)12(17)18/h1-3,11,14,16H,4-6H2,(H,17,18). The number of Topliss-reactive ketones (excluding diaryl/α,β-unsaturated/α-hetero) is 1. The molecule has 0 radical (unpaired) electrons. The van der Waals surface area contributed by atoms with Crippen molar-refractivity contribution < 1.29 is 24.9 Å². The number of carbonyl (C=O) groups excluding carboxylic acids is 1. The Morgan fingerprint density at radius 3 is 2.44 bits per heavy atom. The van der Waals surface area contributed by atoms with Gasteiger partial charge in [-0.2, -0.15) is 0 Å². The van der Waals surface area contributed by atoms with Gasteiger partial charge in [-0.1, -0.05) is 18.2 Å². The molecule has 0 aliphatic rings. The lowest BCUT2D eigenvalue weighted by atomic mass is 9.98. The first-order chi connectivity index (χ1) is 8.49. The number of carboxylic acids is 1. The molecule has 5 nitrogen and oxygen atoms in total. The summed E-state index contributed by atoms with van der Waals surface area (Å²) >= 11 is 5.39. The second-order valence-electron chi connectivity index (χ2n) is 3.78. The van der Waals surface area contributed by atoms with Crippen LogP contribution in [0.3, 0.4) is 0 Å². The van der Waals surface area contributed by atoms with Crippen LogP contribution in [0.4, 0.5) is 0 Å². The molecule has 0 heterocycles. The highest BCUT2D eigenvalue weighted by Gasteiger charge is 2.17. The van der Waals surface area contributed by atoms with Crippen molar-refractivity contribution in [2.24, 2.45) is 0 Å². The average molecular weight is 273 g/mol. The van der Waals surface area contributed by atoms with Gasteiger partial charge in [-0.05, 0) is 16.7 Å². The number of aliphatic carboxylic acids is 1. The third kappa shape index (κ3) is 3.53. The van der Waals surface area contributed by atoms with Gasteiger partial charge >= 0.3 is 5.97 Å². The fourth-order valence-corrected chi connectivity index (χ4v) is 1.63. The van der Waals surface area contributed by atoms with Gasteiger partial charge in [0.1, 0.15) is 0 Å². The summed E-state index contributed by atoms with van der Waals surface area (Å²) in [7, 11) is 0. The fourth-order valence-electron chi connectivity index (χ4n) is 1.54. The minimum Gasteiger partial charge on any atom is -0.479 e. The fraction of sp³-hybridized carbons (Fsp3) is 0.333. The summed E-state index contributed by atoms with van der Waals surface area (Å²) in [6.45, 7) is -0.342. The Kier molecular flexibility index (Phi) is 5.27. The lowest BCUT2D eigenvalue weighted by Crippen LogP contribution is -2.12. The second-order valence-corrected chi connectivity index (χ2v) is 4.04. The second kappa shape index (κ2) is 6.49. The van der Waals surface area contributed by atoms with E-state index in [9.17, 15) is 19.8 Å². The minimum absolute atomic E-state index is 0.0723. The molecule has 0 aliphatic carbocycles. The van der Waals surface area contributed by atoms with Crippen molar-refractivity contribution in [3.05, 3.63) is 34.9 Å². The molecule has 0 fully saturated rings. The van der Waals surface area contributed by atoms with Crippen LogP contribution in [0, 0.1) is 0 Å². The van der Waals surface area contributed by atoms with E-state index in [-0.39, 0.29) is 30.3 Å². The summed E-state index contributed by atoms with van der Waals surface area (Å²) < 4.78 is 0. The molecule has 1 unspecified atom stereocenters. The van der Waals surface area contributed by atoms with Gasteiger partial charge in [-0.15, -0.1) is 11.6 Å². The van der Waals surface area contributed by atoms with Gasteiger partial charge in [0.05, 0.1) is 12.5 Å². The first-order valence-electron chi connectivity index (χ1n) is 5.20. The number of aliphatic hydroxyl groups excluding tert-OH is 2. The molecular weight excluding hydrogens is 260 g/mol. The first kappa shape index (κ1) is 14.6. The van der Waals surface area contributed by atoms with Crippen LogP contribution >= 0.6 is 11.6 Å². The quantitative estimate of drug-likeness (QED) is 0.661. The summed E-state index contributed by atoms with van der Waals surface area (Å²) in [5.41, 5.74) is 1.14. The summed E-state index contributed by atoms with van der Waals surface area (Å²) in [5, 5.41) is 27.2. The highest BCUT2D eigenvalue weighted by atomic mass is 35.5. The number of rotatable bonds is 6. The van der Waals surface area contributed by atoms with Gasteiger partial charge in [-0.3, -0.25) is 4.79 Å². The van der Waals surface area contributed by atoms with E-state index in [0.717, 1.165) is 0 Å². The van der Waals surface area contributed by atoms with Crippen LogP contribution in [-0.2, 0) is 22.6 Å². The maximum absolute atomic E-state index is 11.2. The molecule has 3 N–H and O–H groups in total. The zero-order valence-electron chi connectivity index (χ0n) is 9.47. The summed E-state index contributed by atoms with van der Waals surface area (Å²) in [6.07, 6.45) is -1.57. The number of carbonyl (C=O) groups is 2. The molecule has 6 heteroatoms. The number of benzene rings is 1. The van der Waals surface area contributed by atoms with Crippen molar-refractivity contribution in [1.82, 2.24) is 0 Å². The van der Waals surface area contributed by atoms with Crippen molar-refractivity contribution in [1.29, 1.82) is 0 Å². The van der Waals surface area contributed by atoms with E-state index in [1.165, 1.54) is 18.2 Å². The zero-order chi connectivity index (χ0) is 13.7. The number of carboxylic acid groups (broad SMARTS) is 1. The predicted molar refractivity (Wildman–Crippen MR) is 64.4 cm³/mol. The van der Waals surface area contributed by atoms with Crippen LogP contribution in [-0.4, -0.2) is 33.0 Å². The number of hydrogen-bond donors (Lipinski definition) is 3. The van der Waals surface area contributed by atoms with Gasteiger partial charge in [0, 0.05) is 6.42 Å². The monoisotopic (exact) mass is 272 g/mol. The van der Waals surface area contributed by atoms with Crippen LogP contribution in [0.15, 0.2) is 18.2 Å². The number of ketones is 1. The predicted octanol–water partition coefficient (Wildman–Crippen LogP) is 0.647. The molecule has 0 saturated heterocycles. The van der Waals surface area contributed by atoms with Gasteiger partial charge < -0.3 is 15.3 Å². The van der Waals surface area contributed by atoms with E-state index in [1.807, 2.05) is 0 Å².